The first-order valence-electron chi connectivity index (χ1n) is 13.9. The number of hydrogen-bond donors (Lipinski definition) is 4. The van der Waals surface area contributed by atoms with Gasteiger partial charge in [0.15, 0.2) is 5.78 Å². The van der Waals surface area contributed by atoms with Gasteiger partial charge >= 0.3 is 0 Å². The van der Waals surface area contributed by atoms with Crippen molar-refractivity contribution in [3.8, 4) is 11.6 Å². The molecule has 2 amide bonds. The number of thiophene rings is 1. The highest BCUT2D eigenvalue weighted by Gasteiger charge is 2.48. The Morgan fingerprint density at radius 1 is 1.17 bits per heavy atom. The van der Waals surface area contributed by atoms with Crippen molar-refractivity contribution in [2.75, 3.05) is 18.8 Å². The molecule has 3 unspecified atom stereocenters. The van der Waals surface area contributed by atoms with Crippen molar-refractivity contribution in [3.63, 3.8) is 0 Å². The Labute approximate surface area is 246 Å². The Balaban J connectivity index is 1.36. The number of anilines is 1. The second-order valence-corrected chi connectivity index (χ2v) is 11.7. The van der Waals surface area contributed by atoms with Crippen molar-refractivity contribution < 1.29 is 19.1 Å². The number of likely N-dealkylation sites (tertiary alicyclic amines) is 1. The first-order valence-corrected chi connectivity index (χ1v) is 14.8. The summed E-state index contributed by atoms with van der Waals surface area (Å²) in [5, 5.41) is 3.72. The molecule has 10 nitrogen and oxygen atoms in total. The number of nitrogens with zero attached hydrogens (tertiary/aromatic N) is 2. The number of nitrogens with two attached hydrogens (primary N) is 3. The van der Waals surface area contributed by atoms with Gasteiger partial charge in [-0.15, -0.1) is 11.3 Å². The Hall–Kier alpha value is -4.32. The Kier molecular flexibility index (Phi) is 7.17. The van der Waals surface area contributed by atoms with Gasteiger partial charge < -0.3 is 32.2 Å². The smallest absolute Gasteiger partial charge is 0.262 e. The molecule has 6 rings (SSSR count). The quantitative estimate of drug-likeness (QED) is 0.250. The fourth-order valence-electron chi connectivity index (χ4n) is 5.96. The van der Waals surface area contributed by atoms with Crippen LogP contribution in [0.5, 0.6) is 11.6 Å². The Morgan fingerprint density at radius 3 is 2.67 bits per heavy atom. The zero-order valence-electron chi connectivity index (χ0n) is 23.1. The van der Waals surface area contributed by atoms with E-state index in [1.807, 2.05) is 13.0 Å². The van der Waals surface area contributed by atoms with Crippen LogP contribution in [0.1, 0.15) is 58.6 Å². The number of nitrogens with one attached hydrogen (secondary N) is 1. The lowest BCUT2D eigenvalue weighted by Crippen LogP contribution is -2.53. The van der Waals surface area contributed by atoms with Crippen molar-refractivity contribution >= 4 is 44.7 Å². The summed E-state index contributed by atoms with van der Waals surface area (Å²) in [6.45, 7) is 2.96. The summed E-state index contributed by atoms with van der Waals surface area (Å²) in [7, 11) is 0. The topological polar surface area (TPSA) is 167 Å². The van der Waals surface area contributed by atoms with Gasteiger partial charge in [-0.25, -0.2) is 4.98 Å². The van der Waals surface area contributed by atoms with E-state index in [4.69, 9.17) is 21.9 Å². The van der Waals surface area contributed by atoms with Crippen LogP contribution in [0.4, 0.5) is 5.69 Å². The molecule has 0 radical (unpaired) electrons. The summed E-state index contributed by atoms with van der Waals surface area (Å²) in [5.41, 5.74) is 20.4. The third-order valence-electron chi connectivity index (χ3n) is 8.10. The first-order chi connectivity index (χ1) is 20.2. The van der Waals surface area contributed by atoms with Gasteiger partial charge in [-0.3, -0.25) is 14.4 Å². The predicted octanol–water partition coefficient (Wildman–Crippen LogP) is 3.59. The fraction of sp³-hybridized carbons (Fsp3) is 0.290. The van der Waals surface area contributed by atoms with Gasteiger partial charge in [0.25, 0.3) is 5.91 Å². The third kappa shape index (κ3) is 4.59. The molecule has 3 heterocycles. The summed E-state index contributed by atoms with van der Waals surface area (Å²) in [6.07, 6.45) is 3.61. The number of benzene rings is 2. The van der Waals surface area contributed by atoms with E-state index in [0.717, 1.165) is 12.8 Å². The van der Waals surface area contributed by atoms with E-state index in [1.165, 1.54) is 11.3 Å². The van der Waals surface area contributed by atoms with Crippen LogP contribution in [0.3, 0.4) is 0 Å². The molecule has 1 saturated heterocycles. The van der Waals surface area contributed by atoms with Crippen LogP contribution in [-0.2, 0) is 15.1 Å². The minimum atomic E-state index is -1.57. The molecule has 4 aromatic rings. The van der Waals surface area contributed by atoms with Gasteiger partial charge in [0.2, 0.25) is 11.8 Å². The Bertz CT molecular complexity index is 1690. The lowest BCUT2D eigenvalue weighted by Gasteiger charge is -2.36. The van der Waals surface area contributed by atoms with E-state index in [1.54, 1.807) is 59.6 Å². The molecular formula is C31H32N6O4S. The molecule has 2 aromatic heterocycles. The van der Waals surface area contributed by atoms with Crippen LogP contribution in [0.25, 0.3) is 10.1 Å². The summed E-state index contributed by atoms with van der Waals surface area (Å²) in [5.74, 6) is 0.274. The molecular weight excluding hydrogens is 552 g/mol. The number of ketones is 1. The van der Waals surface area contributed by atoms with Crippen LogP contribution < -0.4 is 27.3 Å². The number of ether oxygens (including phenoxy) is 1. The van der Waals surface area contributed by atoms with Gasteiger partial charge in [0, 0.05) is 54.5 Å². The molecule has 42 heavy (non-hydrogen) atoms. The minimum absolute atomic E-state index is 0.0616. The molecule has 1 aliphatic heterocycles. The second-order valence-electron chi connectivity index (χ2n) is 10.7. The van der Waals surface area contributed by atoms with Crippen molar-refractivity contribution in [1.29, 1.82) is 0 Å². The number of aromatic nitrogens is 1. The van der Waals surface area contributed by atoms with Gasteiger partial charge in [-0.05, 0) is 48.2 Å². The summed E-state index contributed by atoms with van der Waals surface area (Å²) in [6, 6.07) is 14.4. The summed E-state index contributed by atoms with van der Waals surface area (Å²) in [4.78, 5) is 46.2. The van der Waals surface area contributed by atoms with E-state index in [-0.39, 0.29) is 17.9 Å². The van der Waals surface area contributed by atoms with Crippen LogP contribution >= 0.6 is 11.3 Å². The SMILES string of the molecule is CCC(=O)N1CCCC(NC(=O)c2sc3c(N)ccc4c3c2C(N)C(=O)C4(N)c2ccc(Oc3ccccn3)cc2)C1. The number of rotatable bonds is 6. The van der Waals surface area contributed by atoms with Crippen molar-refractivity contribution in [1.82, 2.24) is 15.2 Å². The number of pyridine rings is 1. The van der Waals surface area contributed by atoms with E-state index >= 15 is 0 Å². The maximum Gasteiger partial charge on any atom is 0.262 e. The maximum absolute atomic E-state index is 14.0. The number of nitrogen functional groups attached to an aromatic ring is 1. The summed E-state index contributed by atoms with van der Waals surface area (Å²) >= 11 is 1.21. The minimum Gasteiger partial charge on any atom is -0.439 e. The molecule has 0 bridgehead atoms. The fourth-order valence-corrected chi connectivity index (χ4v) is 7.16. The van der Waals surface area contributed by atoms with Crippen molar-refractivity contribution in [3.05, 3.63) is 82.4 Å². The maximum atomic E-state index is 14.0. The Morgan fingerprint density at radius 2 is 1.95 bits per heavy atom. The number of piperidine rings is 1. The van der Waals surface area contributed by atoms with E-state index in [2.05, 4.69) is 10.3 Å². The van der Waals surface area contributed by atoms with Crippen LogP contribution in [0.15, 0.2) is 60.8 Å². The largest absolute Gasteiger partial charge is 0.439 e. The van der Waals surface area contributed by atoms with Crippen LogP contribution in [0.2, 0.25) is 0 Å². The van der Waals surface area contributed by atoms with Crippen molar-refractivity contribution in [2.24, 2.45) is 11.5 Å². The third-order valence-corrected chi connectivity index (χ3v) is 9.35. The zero-order chi connectivity index (χ0) is 29.6. The molecule has 1 aliphatic carbocycles. The molecule has 0 saturated carbocycles. The monoisotopic (exact) mass is 584 g/mol. The van der Waals surface area contributed by atoms with Gasteiger partial charge in [-0.2, -0.15) is 0 Å². The molecule has 3 atom stereocenters. The number of hydrogen-bond acceptors (Lipinski definition) is 9. The van der Waals surface area contributed by atoms with E-state index in [9.17, 15) is 14.4 Å². The number of carbonyl (C=O) groups excluding carboxylic acids is 3. The van der Waals surface area contributed by atoms with Crippen molar-refractivity contribution in [2.45, 2.75) is 43.8 Å². The van der Waals surface area contributed by atoms with Crippen LogP contribution in [-0.4, -0.2) is 46.6 Å². The lowest BCUT2D eigenvalue weighted by molar-refractivity contribution is -0.132. The predicted molar refractivity (Wildman–Crippen MR) is 161 cm³/mol. The van der Waals surface area contributed by atoms with E-state index < -0.39 is 17.4 Å². The second kappa shape index (κ2) is 10.8. The molecule has 11 heteroatoms. The normalized spacial score (nSPS) is 21.8. The highest BCUT2D eigenvalue weighted by molar-refractivity contribution is 7.21. The number of carbonyl (C=O) groups is 3. The average molecular weight is 585 g/mol. The zero-order valence-corrected chi connectivity index (χ0v) is 23.9. The number of amides is 2. The standard InChI is InChI=1S/C31H32N6O4S/c1-2-23(38)37-15-5-6-18(16-37)36-30(40)28-25-24-20(12-13-21(32)27(24)42-28)31(34,29(39)26(25)33)17-8-10-19(11-9-17)41-22-7-3-4-14-35-22/h3-4,7-14,18,26H,2,5-6,15-16,32-34H2,1H3,(H,36,40). The molecule has 1 fully saturated rings. The average Bonchev–Trinajstić information content (AvgIpc) is 3.42. The van der Waals surface area contributed by atoms with Gasteiger partial charge in [0.1, 0.15) is 11.3 Å². The molecule has 0 spiro atoms. The first kappa shape index (κ1) is 27.8. The number of Topliss-reactive ketones (excluding diaryl/α,β-unsaturated/α-hetero) is 1. The summed E-state index contributed by atoms with van der Waals surface area (Å²) < 4.78 is 6.47. The van der Waals surface area contributed by atoms with Gasteiger partial charge in [0.05, 0.1) is 15.6 Å². The highest BCUT2D eigenvalue weighted by atomic mass is 32.1. The molecule has 2 aliphatic rings. The van der Waals surface area contributed by atoms with Crippen LogP contribution in [0, 0.1) is 0 Å². The molecule has 216 valence electrons. The molecule has 2 aromatic carbocycles. The van der Waals surface area contributed by atoms with Gasteiger partial charge in [-0.1, -0.05) is 31.2 Å². The molecule has 7 N–H and O–H groups in total. The highest BCUT2D eigenvalue weighted by Crippen LogP contribution is 2.49. The lowest BCUT2D eigenvalue weighted by atomic mass is 9.70. The van der Waals surface area contributed by atoms with E-state index in [0.29, 0.717) is 68.5 Å².